The first-order valence-corrected chi connectivity index (χ1v) is 6.67. The molecule has 3 aromatic rings. The van der Waals surface area contributed by atoms with E-state index in [1.807, 2.05) is 58.7 Å². The highest BCUT2D eigenvalue weighted by molar-refractivity contribution is 7.12. The van der Waals surface area contributed by atoms with Gasteiger partial charge in [0.25, 0.3) is 0 Å². The molecule has 0 bridgehead atoms. The topological polar surface area (TPSA) is 42.2 Å². The Labute approximate surface area is 114 Å². The van der Waals surface area contributed by atoms with E-state index in [-0.39, 0.29) is 0 Å². The molecule has 0 aliphatic carbocycles. The molecule has 0 atom stereocenters. The summed E-state index contributed by atoms with van der Waals surface area (Å²) in [5, 5.41) is 10.8. The van der Waals surface area contributed by atoms with Gasteiger partial charge in [0.05, 0.1) is 0 Å². The third kappa shape index (κ3) is 2.30. The average molecular weight is 269 g/mol. The van der Waals surface area contributed by atoms with Crippen molar-refractivity contribution in [1.82, 2.24) is 4.57 Å². The Bertz CT molecular complexity index is 696. The van der Waals surface area contributed by atoms with Crippen molar-refractivity contribution in [2.45, 2.75) is 0 Å². The van der Waals surface area contributed by atoms with Crippen molar-refractivity contribution in [2.24, 2.45) is 0 Å². The van der Waals surface area contributed by atoms with Gasteiger partial charge in [-0.05, 0) is 46.8 Å². The molecule has 3 rings (SSSR count). The molecule has 0 spiro atoms. The van der Waals surface area contributed by atoms with Gasteiger partial charge in [0.2, 0.25) is 0 Å². The smallest absolute Gasteiger partial charge is 0.345 e. The summed E-state index contributed by atoms with van der Waals surface area (Å²) in [5.41, 5.74) is 3.06. The fraction of sp³-hybridized carbons (Fsp3) is 0. The van der Waals surface area contributed by atoms with E-state index in [1.54, 1.807) is 6.07 Å². The predicted molar refractivity (Wildman–Crippen MR) is 76.0 cm³/mol. The van der Waals surface area contributed by atoms with Crippen LogP contribution in [-0.4, -0.2) is 15.6 Å². The molecule has 0 saturated carbocycles. The Morgan fingerprint density at radius 2 is 1.74 bits per heavy atom. The third-order valence-corrected chi connectivity index (χ3v) is 3.83. The summed E-state index contributed by atoms with van der Waals surface area (Å²) in [6, 6.07) is 13.7. The lowest BCUT2D eigenvalue weighted by Gasteiger charge is -2.04. The van der Waals surface area contributed by atoms with Crippen molar-refractivity contribution in [3.63, 3.8) is 0 Å². The van der Waals surface area contributed by atoms with Gasteiger partial charge in [0.15, 0.2) is 0 Å². The van der Waals surface area contributed by atoms with Gasteiger partial charge in [-0.25, -0.2) is 4.79 Å². The van der Waals surface area contributed by atoms with E-state index in [2.05, 4.69) is 0 Å². The summed E-state index contributed by atoms with van der Waals surface area (Å²) in [4.78, 5) is 11.2. The summed E-state index contributed by atoms with van der Waals surface area (Å²) >= 11 is 1.25. The maximum atomic E-state index is 10.9. The number of aromatic nitrogens is 1. The maximum Gasteiger partial charge on any atom is 0.345 e. The van der Waals surface area contributed by atoms with E-state index in [4.69, 9.17) is 5.11 Å². The summed E-state index contributed by atoms with van der Waals surface area (Å²) in [7, 11) is 0. The van der Waals surface area contributed by atoms with Gasteiger partial charge in [0, 0.05) is 18.1 Å². The van der Waals surface area contributed by atoms with Crippen LogP contribution in [0.25, 0.3) is 16.8 Å². The molecular weight excluding hydrogens is 258 g/mol. The number of hydrogen-bond acceptors (Lipinski definition) is 2. The zero-order chi connectivity index (χ0) is 13.2. The quantitative estimate of drug-likeness (QED) is 0.783. The van der Waals surface area contributed by atoms with E-state index in [9.17, 15) is 4.79 Å². The van der Waals surface area contributed by atoms with E-state index in [1.165, 1.54) is 11.3 Å². The van der Waals surface area contributed by atoms with Crippen LogP contribution in [0.5, 0.6) is 0 Å². The minimum absolute atomic E-state index is 0.365. The molecule has 0 unspecified atom stereocenters. The monoisotopic (exact) mass is 269 g/mol. The van der Waals surface area contributed by atoms with Crippen molar-refractivity contribution in [2.75, 3.05) is 0 Å². The second-order valence-electron chi connectivity index (χ2n) is 4.14. The standard InChI is InChI=1S/C15H11NO2S/c17-15(18)14-9-12(10-19-14)11-3-5-13(6-4-11)16-7-1-2-8-16/h1-10H,(H,17,18). The molecule has 0 amide bonds. The van der Waals surface area contributed by atoms with Crippen molar-refractivity contribution in [3.8, 4) is 16.8 Å². The predicted octanol–water partition coefficient (Wildman–Crippen LogP) is 3.90. The lowest BCUT2D eigenvalue weighted by Crippen LogP contribution is -1.90. The fourth-order valence-corrected chi connectivity index (χ4v) is 2.69. The molecule has 0 aliphatic rings. The van der Waals surface area contributed by atoms with E-state index >= 15 is 0 Å². The van der Waals surface area contributed by atoms with Gasteiger partial charge in [-0.3, -0.25) is 0 Å². The van der Waals surface area contributed by atoms with Crippen LogP contribution in [0.4, 0.5) is 0 Å². The number of carboxylic acid groups (broad SMARTS) is 1. The maximum absolute atomic E-state index is 10.9. The van der Waals surface area contributed by atoms with Crippen molar-refractivity contribution < 1.29 is 9.90 Å². The lowest BCUT2D eigenvalue weighted by molar-refractivity contribution is 0.0702. The molecule has 3 nitrogen and oxygen atoms in total. The minimum Gasteiger partial charge on any atom is -0.477 e. The van der Waals surface area contributed by atoms with Crippen LogP contribution in [0.3, 0.4) is 0 Å². The summed E-state index contributed by atoms with van der Waals surface area (Å²) in [6.07, 6.45) is 3.98. The van der Waals surface area contributed by atoms with Gasteiger partial charge in [-0.1, -0.05) is 12.1 Å². The first kappa shape index (κ1) is 11.7. The van der Waals surface area contributed by atoms with Gasteiger partial charge < -0.3 is 9.67 Å². The van der Waals surface area contributed by atoms with Crippen LogP contribution in [-0.2, 0) is 0 Å². The van der Waals surface area contributed by atoms with Crippen molar-refractivity contribution in [1.29, 1.82) is 0 Å². The molecule has 2 aromatic heterocycles. The van der Waals surface area contributed by atoms with Gasteiger partial charge in [-0.2, -0.15) is 0 Å². The average Bonchev–Trinajstić information content (AvgIpc) is 3.11. The molecule has 19 heavy (non-hydrogen) atoms. The lowest BCUT2D eigenvalue weighted by atomic mass is 10.1. The van der Waals surface area contributed by atoms with Gasteiger partial charge in [0.1, 0.15) is 4.88 Å². The normalized spacial score (nSPS) is 10.5. The molecule has 0 aliphatic heterocycles. The number of benzene rings is 1. The highest BCUT2D eigenvalue weighted by Gasteiger charge is 2.08. The summed E-state index contributed by atoms with van der Waals surface area (Å²) in [5.74, 6) is -0.875. The third-order valence-electron chi connectivity index (χ3n) is 2.91. The number of aromatic carboxylic acids is 1. The Hall–Kier alpha value is -2.33. The molecule has 4 heteroatoms. The van der Waals surface area contributed by atoms with Crippen molar-refractivity contribution in [3.05, 3.63) is 65.1 Å². The van der Waals surface area contributed by atoms with Gasteiger partial charge >= 0.3 is 5.97 Å². The fourth-order valence-electron chi connectivity index (χ4n) is 1.93. The van der Waals surface area contributed by atoms with E-state index in [0.717, 1.165) is 16.8 Å². The number of hydrogen-bond donors (Lipinski definition) is 1. The number of thiophene rings is 1. The first-order valence-electron chi connectivity index (χ1n) is 5.79. The summed E-state index contributed by atoms with van der Waals surface area (Å²) in [6.45, 7) is 0. The van der Waals surface area contributed by atoms with Crippen LogP contribution < -0.4 is 0 Å². The summed E-state index contributed by atoms with van der Waals surface area (Å²) < 4.78 is 2.03. The Morgan fingerprint density at radius 1 is 1.05 bits per heavy atom. The molecule has 0 radical (unpaired) electrons. The van der Waals surface area contributed by atoms with Crippen LogP contribution in [0.2, 0.25) is 0 Å². The molecule has 2 heterocycles. The highest BCUT2D eigenvalue weighted by Crippen LogP contribution is 2.26. The molecule has 94 valence electrons. The molecule has 1 aromatic carbocycles. The number of rotatable bonds is 3. The zero-order valence-electron chi connectivity index (χ0n) is 9.98. The highest BCUT2D eigenvalue weighted by atomic mass is 32.1. The number of carbonyl (C=O) groups is 1. The molecule has 0 fully saturated rings. The Kier molecular flexibility index (Phi) is 2.93. The van der Waals surface area contributed by atoms with E-state index in [0.29, 0.717) is 4.88 Å². The van der Waals surface area contributed by atoms with Crippen LogP contribution >= 0.6 is 11.3 Å². The SMILES string of the molecule is O=C(O)c1cc(-c2ccc(-n3cccc3)cc2)cs1. The second-order valence-corrected chi connectivity index (χ2v) is 5.05. The van der Waals surface area contributed by atoms with Crippen molar-refractivity contribution >= 4 is 17.3 Å². The second kappa shape index (κ2) is 4.74. The van der Waals surface area contributed by atoms with Crippen LogP contribution in [0.15, 0.2) is 60.2 Å². The first-order chi connectivity index (χ1) is 9.24. The zero-order valence-corrected chi connectivity index (χ0v) is 10.8. The number of nitrogens with zero attached hydrogens (tertiary/aromatic N) is 1. The van der Waals surface area contributed by atoms with Crippen LogP contribution in [0.1, 0.15) is 9.67 Å². The molecule has 0 saturated heterocycles. The van der Waals surface area contributed by atoms with E-state index < -0.39 is 5.97 Å². The Morgan fingerprint density at radius 3 is 2.32 bits per heavy atom. The largest absolute Gasteiger partial charge is 0.477 e. The number of carboxylic acids is 1. The molecule has 1 N–H and O–H groups in total. The van der Waals surface area contributed by atoms with Crippen LogP contribution in [0, 0.1) is 0 Å². The molecular formula is C15H11NO2S. The Balaban J connectivity index is 1.91. The minimum atomic E-state index is -0.875. The van der Waals surface area contributed by atoms with Gasteiger partial charge in [-0.15, -0.1) is 11.3 Å².